The summed E-state index contributed by atoms with van der Waals surface area (Å²) in [6.07, 6.45) is 11.5. The van der Waals surface area contributed by atoms with Gasteiger partial charge in [-0.25, -0.2) is 9.50 Å². The standard InChI is InChI=1S/C25H26N4OS.C3H6.CH4/c1-25(10-12-26-13-11-25)21-8-6-18(7-9-21)20-15-27-24-23(16-28-29(24)17-20)19-4-3-5-22(14-19)31(2)30;1-3-2;/h3-9,14-17,26H,10-13H2,1-2H3;3H,1H2,2H3;1H4. The Morgan fingerprint density at radius 1 is 1.06 bits per heavy atom. The van der Waals surface area contributed by atoms with Gasteiger partial charge in [0.25, 0.3) is 0 Å². The van der Waals surface area contributed by atoms with E-state index in [1.807, 2.05) is 54.3 Å². The average molecular weight is 489 g/mol. The van der Waals surface area contributed by atoms with Crippen LogP contribution in [0.25, 0.3) is 27.9 Å². The van der Waals surface area contributed by atoms with E-state index < -0.39 is 10.8 Å². The highest BCUT2D eigenvalue weighted by atomic mass is 32.2. The highest BCUT2D eigenvalue weighted by Gasteiger charge is 2.28. The van der Waals surface area contributed by atoms with Gasteiger partial charge in [-0.1, -0.05) is 56.8 Å². The van der Waals surface area contributed by atoms with Crippen LogP contribution in [0.3, 0.4) is 0 Å². The molecule has 1 atom stereocenters. The number of aromatic nitrogens is 3. The van der Waals surface area contributed by atoms with Crippen LogP contribution in [0, 0.1) is 0 Å². The molecule has 35 heavy (non-hydrogen) atoms. The summed E-state index contributed by atoms with van der Waals surface area (Å²) >= 11 is 0. The molecule has 1 fully saturated rings. The van der Waals surface area contributed by atoms with Crippen molar-refractivity contribution in [1.29, 1.82) is 0 Å². The van der Waals surface area contributed by atoms with Crippen LogP contribution >= 0.6 is 0 Å². The van der Waals surface area contributed by atoms with Gasteiger partial charge in [0, 0.05) is 45.5 Å². The van der Waals surface area contributed by atoms with E-state index in [9.17, 15) is 4.21 Å². The third-order valence-corrected chi connectivity index (χ3v) is 7.37. The first kappa shape index (κ1) is 26.5. The van der Waals surface area contributed by atoms with E-state index >= 15 is 0 Å². The molecule has 5 rings (SSSR count). The van der Waals surface area contributed by atoms with Crippen LogP contribution in [0.15, 0.2) is 84.7 Å². The molecular formula is C29H36N4OS. The van der Waals surface area contributed by atoms with E-state index in [0.717, 1.165) is 45.9 Å². The normalized spacial score (nSPS) is 15.4. The van der Waals surface area contributed by atoms with Crippen molar-refractivity contribution in [3.8, 4) is 22.3 Å². The van der Waals surface area contributed by atoms with Crippen LogP contribution in [-0.2, 0) is 16.2 Å². The maximum Gasteiger partial charge on any atom is 0.162 e. The Morgan fingerprint density at radius 2 is 1.74 bits per heavy atom. The number of benzene rings is 2. The molecule has 184 valence electrons. The van der Waals surface area contributed by atoms with Gasteiger partial charge in [-0.15, -0.1) is 6.58 Å². The number of allylic oxidation sites excluding steroid dienone is 1. The van der Waals surface area contributed by atoms with E-state index in [-0.39, 0.29) is 12.8 Å². The van der Waals surface area contributed by atoms with Gasteiger partial charge >= 0.3 is 0 Å². The number of rotatable bonds is 4. The van der Waals surface area contributed by atoms with Crippen molar-refractivity contribution < 1.29 is 4.21 Å². The largest absolute Gasteiger partial charge is 0.317 e. The average Bonchev–Trinajstić information content (AvgIpc) is 3.28. The number of piperidine rings is 1. The number of fused-ring (bicyclic) bond motifs is 1. The Labute approximate surface area is 211 Å². The van der Waals surface area contributed by atoms with Crippen molar-refractivity contribution >= 4 is 16.4 Å². The van der Waals surface area contributed by atoms with Crippen molar-refractivity contribution in [2.45, 2.75) is 44.4 Å². The van der Waals surface area contributed by atoms with E-state index in [2.05, 4.69) is 48.2 Å². The molecule has 0 aliphatic carbocycles. The molecule has 1 N–H and O–H groups in total. The lowest BCUT2D eigenvalue weighted by Crippen LogP contribution is -2.37. The maximum atomic E-state index is 11.8. The summed E-state index contributed by atoms with van der Waals surface area (Å²) in [5.41, 5.74) is 6.53. The van der Waals surface area contributed by atoms with E-state index in [1.54, 1.807) is 12.3 Å². The van der Waals surface area contributed by atoms with E-state index in [1.165, 1.54) is 18.4 Å². The molecule has 1 saturated heterocycles. The van der Waals surface area contributed by atoms with E-state index in [4.69, 9.17) is 4.98 Å². The lowest BCUT2D eigenvalue weighted by Gasteiger charge is -2.34. The fraction of sp³-hybridized carbons (Fsp3) is 0.310. The molecule has 1 unspecified atom stereocenters. The maximum absolute atomic E-state index is 11.8. The summed E-state index contributed by atoms with van der Waals surface area (Å²) in [4.78, 5) is 5.51. The zero-order chi connectivity index (χ0) is 24.1. The molecule has 1 aliphatic heterocycles. The predicted octanol–water partition coefficient (Wildman–Crippen LogP) is 6.27. The lowest BCUT2D eigenvalue weighted by molar-refractivity contribution is 0.335. The van der Waals surface area contributed by atoms with Gasteiger partial charge in [-0.2, -0.15) is 5.10 Å². The fourth-order valence-electron chi connectivity index (χ4n) is 4.40. The van der Waals surface area contributed by atoms with Gasteiger partial charge in [0.15, 0.2) is 5.65 Å². The van der Waals surface area contributed by atoms with Gasteiger partial charge in [-0.05, 0) is 67.1 Å². The zero-order valence-electron chi connectivity index (χ0n) is 20.1. The van der Waals surface area contributed by atoms with Crippen LogP contribution in [0.5, 0.6) is 0 Å². The minimum Gasteiger partial charge on any atom is -0.317 e. The molecule has 0 saturated carbocycles. The van der Waals surface area contributed by atoms with Gasteiger partial charge in [0.1, 0.15) is 0 Å². The van der Waals surface area contributed by atoms with Gasteiger partial charge < -0.3 is 5.32 Å². The molecule has 1 aliphatic rings. The molecule has 4 aromatic rings. The molecule has 2 aromatic carbocycles. The van der Waals surface area contributed by atoms with Crippen molar-refractivity contribution in [2.75, 3.05) is 19.3 Å². The zero-order valence-corrected chi connectivity index (χ0v) is 20.9. The lowest BCUT2D eigenvalue weighted by atomic mass is 9.75. The summed E-state index contributed by atoms with van der Waals surface area (Å²) in [5.74, 6) is 0. The Bertz CT molecular complexity index is 1300. The van der Waals surface area contributed by atoms with Gasteiger partial charge in [0.05, 0.1) is 6.20 Å². The second kappa shape index (κ2) is 11.6. The third kappa shape index (κ3) is 5.77. The Hall–Kier alpha value is -3.09. The quantitative estimate of drug-likeness (QED) is 0.344. The van der Waals surface area contributed by atoms with Crippen molar-refractivity contribution in [2.24, 2.45) is 0 Å². The summed E-state index contributed by atoms with van der Waals surface area (Å²) < 4.78 is 13.7. The fourth-order valence-corrected chi connectivity index (χ4v) is 4.97. The monoisotopic (exact) mass is 488 g/mol. The first-order valence-electron chi connectivity index (χ1n) is 11.6. The Morgan fingerprint density at radius 3 is 2.40 bits per heavy atom. The summed E-state index contributed by atoms with van der Waals surface area (Å²) in [6.45, 7) is 9.78. The number of hydrogen-bond donors (Lipinski definition) is 1. The molecule has 0 radical (unpaired) electrons. The summed E-state index contributed by atoms with van der Waals surface area (Å²) in [5, 5.41) is 7.98. The molecule has 6 heteroatoms. The third-order valence-electron chi connectivity index (χ3n) is 6.46. The van der Waals surface area contributed by atoms with Crippen LogP contribution in [-0.4, -0.2) is 38.2 Å². The predicted molar refractivity (Wildman–Crippen MR) is 148 cm³/mol. The number of nitrogens with zero attached hydrogens (tertiary/aromatic N) is 3. The first-order chi connectivity index (χ1) is 16.4. The second-order valence-electron chi connectivity index (χ2n) is 8.95. The minimum atomic E-state index is -1.02. The molecule has 5 nitrogen and oxygen atoms in total. The molecule has 2 aromatic heterocycles. The smallest absolute Gasteiger partial charge is 0.162 e. The molecule has 0 amide bonds. The molecular weight excluding hydrogens is 452 g/mol. The molecule has 0 bridgehead atoms. The summed E-state index contributed by atoms with van der Waals surface area (Å²) in [7, 11) is -1.02. The Kier molecular flexibility index (Phi) is 8.76. The van der Waals surface area contributed by atoms with Gasteiger partial charge in [0.2, 0.25) is 0 Å². The number of nitrogens with one attached hydrogen (secondary N) is 1. The minimum absolute atomic E-state index is 0. The van der Waals surface area contributed by atoms with E-state index in [0.29, 0.717) is 0 Å². The number of hydrogen-bond acceptors (Lipinski definition) is 4. The Balaban J connectivity index is 0.000000815. The van der Waals surface area contributed by atoms with Crippen molar-refractivity contribution in [3.05, 3.63) is 85.3 Å². The summed E-state index contributed by atoms with van der Waals surface area (Å²) in [6, 6.07) is 16.7. The highest BCUT2D eigenvalue weighted by Crippen LogP contribution is 2.34. The van der Waals surface area contributed by atoms with Crippen LogP contribution < -0.4 is 5.32 Å². The van der Waals surface area contributed by atoms with Crippen molar-refractivity contribution in [3.63, 3.8) is 0 Å². The topological polar surface area (TPSA) is 59.3 Å². The molecule has 0 spiro atoms. The SMILES string of the molecule is C.C=CC.CS(=O)c1cccc(-c2cnn3cc(-c4ccc(C5(C)CCNCC5)cc4)cnc23)c1. The highest BCUT2D eigenvalue weighted by molar-refractivity contribution is 7.84. The van der Waals surface area contributed by atoms with Crippen LogP contribution in [0.2, 0.25) is 0 Å². The second-order valence-corrected chi connectivity index (χ2v) is 10.3. The van der Waals surface area contributed by atoms with Crippen LogP contribution in [0.1, 0.15) is 39.7 Å². The van der Waals surface area contributed by atoms with Gasteiger partial charge in [-0.3, -0.25) is 4.21 Å². The molecule has 3 heterocycles. The van der Waals surface area contributed by atoms with Crippen LogP contribution in [0.4, 0.5) is 0 Å². The van der Waals surface area contributed by atoms with Crippen molar-refractivity contribution in [1.82, 2.24) is 19.9 Å². The first-order valence-corrected chi connectivity index (χ1v) is 13.2.